The van der Waals surface area contributed by atoms with Crippen molar-refractivity contribution < 1.29 is 29.0 Å². The van der Waals surface area contributed by atoms with Crippen LogP contribution in [0.2, 0.25) is 0 Å². The first kappa shape index (κ1) is 25.0. The fourth-order valence-corrected chi connectivity index (χ4v) is 3.46. The van der Waals surface area contributed by atoms with Crippen LogP contribution in [0, 0.1) is 5.92 Å². The second-order valence-electron chi connectivity index (χ2n) is 9.49. The van der Waals surface area contributed by atoms with E-state index in [1.165, 1.54) is 13.8 Å². The van der Waals surface area contributed by atoms with E-state index in [1.54, 1.807) is 12.1 Å². The SMILES string of the molecule is CC(=O)C(CCCC[C@H]1CO[C@@](C)(C(=O)O)OC1)NC(=O)c1ccc(C(C)(C)C)cc1. The lowest BCUT2D eigenvalue weighted by Crippen LogP contribution is -2.47. The minimum Gasteiger partial charge on any atom is -0.477 e. The number of amides is 1. The smallest absolute Gasteiger partial charge is 0.364 e. The maximum atomic E-state index is 12.6. The number of unbranched alkanes of at least 4 members (excludes halogenated alkanes) is 1. The fourth-order valence-electron chi connectivity index (χ4n) is 3.46. The lowest BCUT2D eigenvalue weighted by molar-refractivity contribution is -0.271. The Balaban J connectivity index is 1.78. The number of ether oxygens (including phenoxy) is 2. The van der Waals surface area contributed by atoms with Gasteiger partial charge in [-0.2, -0.15) is 0 Å². The molecule has 1 aliphatic rings. The van der Waals surface area contributed by atoms with E-state index >= 15 is 0 Å². The Labute approximate surface area is 184 Å². The Hall–Kier alpha value is -2.25. The molecule has 0 aromatic heterocycles. The number of aliphatic carboxylic acids is 1. The number of carbonyl (C=O) groups excluding carboxylic acids is 2. The Bertz CT molecular complexity index is 772. The van der Waals surface area contributed by atoms with Gasteiger partial charge in [0.2, 0.25) is 0 Å². The molecule has 172 valence electrons. The van der Waals surface area contributed by atoms with Crippen LogP contribution in [-0.4, -0.2) is 47.8 Å². The monoisotopic (exact) mass is 433 g/mol. The zero-order valence-corrected chi connectivity index (χ0v) is 19.2. The van der Waals surface area contributed by atoms with Crippen molar-refractivity contribution in [1.29, 1.82) is 0 Å². The highest BCUT2D eigenvalue weighted by Crippen LogP contribution is 2.25. The molecule has 0 radical (unpaired) electrons. The van der Waals surface area contributed by atoms with Crippen LogP contribution in [-0.2, 0) is 24.5 Å². The first-order valence-electron chi connectivity index (χ1n) is 10.9. The van der Waals surface area contributed by atoms with Gasteiger partial charge in [0.1, 0.15) is 0 Å². The summed E-state index contributed by atoms with van der Waals surface area (Å²) in [7, 11) is 0. The van der Waals surface area contributed by atoms with Crippen molar-refractivity contribution in [3.63, 3.8) is 0 Å². The highest BCUT2D eigenvalue weighted by molar-refractivity contribution is 5.97. The molecule has 7 nitrogen and oxygen atoms in total. The third-order valence-electron chi connectivity index (χ3n) is 5.74. The molecular formula is C24H35NO6. The molecule has 1 amide bonds. The van der Waals surface area contributed by atoms with E-state index in [1.807, 2.05) is 12.1 Å². The van der Waals surface area contributed by atoms with E-state index in [0.29, 0.717) is 25.2 Å². The number of benzene rings is 1. The summed E-state index contributed by atoms with van der Waals surface area (Å²) in [6.07, 6.45) is 2.96. The molecule has 1 unspecified atom stereocenters. The summed E-state index contributed by atoms with van der Waals surface area (Å²) in [6, 6.07) is 6.95. The number of hydrogen-bond acceptors (Lipinski definition) is 5. The molecule has 1 aromatic carbocycles. The van der Waals surface area contributed by atoms with Gasteiger partial charge >= 0.3 is 5.97 Å². The third-order valence-corrected chi connectivity index (χ3v) is 5.74. The van der Waals surface area contributed by atoms with E-state index < -0.39 is 17.8 Å². The van der Waals surface area contributed by atoms with Gasteiger partial charge in [-0.3, -0.25) is 9.59 Å². The number of carbonyl (C=O) groups is 3. The van der Waals surface area contributed by atoms with Crippen LogP contribution in [0.5, 0.6) is 0 Å². The second kappa shape index (κ2) is 10.4. The molecule has 0 saturated carbocycles. The van der Waals surface area contributed by atoms with E-state index in [4.69, 9.17) is 14.6 Å². The van der Waals surface area contributed by atoms with Crippen molar-refractivity contribution in [2.75, 3.05) is 13.2 Å². The van der Waals surface area contributed by atoms with Crippen LogP contribution >= 0.6 is 0 Å². The summed E-state index contributed by atoms with van der Waals surface area (Å²) < 4.78 is 10.7. The summed E-state index contributed by atoms with van der Waals surface area (Å²) in [5.41, 5.74) is 1.70. The van der Waals surface area contributed by atoms with Crippen LogP contribution in [0.1, 0.15) is 76.2 Å². The minimum atomic E-state index is -1.56. The molecule has 31 heavy (non-hydrogen) atoms. The molecule has 1 fully saturated rings. The second-order valence-corrected chi connectivity index (χ2v) is 9.49. The summed E-state index contributed by atoms with van der Waals surface area (Å²) in [4.78, 5) is 35.7. The Morgan fingerprint density at radius 3 is 2.19 bits per heavy atom. The molecule has 1 aromatic rings. The van der Waals surface area contributed by atoms with Crippen molar-refractivity contribution in [2.45, 2.75) is 77.5 Å². The van der Waals surface area contributed by atoms with Gasteiger partial charge in [0.25, 0.3) is 11.7 Å². The molecule has 7 heteroatoms. The van der Waals surface area contributed by atoms with Crippen molar-refractivity contribution >= 4 is 17.7 Å². The lowest BCUT2D eigenvalue weighted by Gasteiger charge is -2.34. The standard InChI is InChI=1S/C24H35NO6/c1-16(26)20(25-21(27)18-10-12-19(13-11-18)23(2,3)4)9-7-6-8-17-14-30-24(5,22(28)29)31-15-17/h10-13,17,20H,6-9,14-15H2,1-5H3,(H,25,27)(H,28,29)/t17-,20?,24+. The number of Topliss-reactive ketones (excluding diaryl/α,β-unsaturated/α-hetero) is 1. The number of carboxylic acids is 1. The first-order chi connectivity index (χ1) is 14.4. The molecule has 1 saturated heterocycles. The number of hydrogen-bond donors (Lipinski definition) is 2. The number of rotatable bonds is 9. The Kier molecular flexibility index (Phi) is 8.37. The molecule has 2 rings (SSSR count). The molecule has 0 spiro atoms. The van der Waals surface area contributed by atoms with E-state index in [9.17, 15) is 14.4 Å². The molecule has 0 aliphatic carbocycles. The summed E-state index contributed by atoms with van der Waals surface area (Å²) in [5.74, 6) is -2.88. The third kappa shape index (κ3) is 7.14. The van der Waals surface area contributed by atoms with Crippen LogP contribution in [0.15, 0.2) is 24.3 Å². The molecule has 0 bridgehead atoms. The predicted octanol–water partition coefficient (Wildman–Crippen LogP) is 3.70. The molecule has 1 aliphatic heterocycles. The predicted molar refractivity (Wildman–Crippen MR) is 117 cm³/mol. The van der Waals surface area contributed by atoms with E-state index in [-0.39, 0.29) is 23.0 Å². The highest BCUT2D eigenvalue weighted by Gasteiger charge is 2.40. The summed E-state index contributed by atoms with van der Waals surface area (Å²) in [6.45, 7) is 9.91. The van der Waals surface area contributed by atoms with Crippen molar-refractivity contribution in [3.05, 3.63) is 35.4 Å². The largest absolute Gasteiger partial charge is 0.477 e. The molecule has 1 atom stereocenters. The van der Waals surface area contributed by atoms with E-state index in [0.717, 1.165) is 24.8 Å². The molecular weight excluding hydrogens is 398 g/mol. The number of carboxylic acid groups (broad SMARTS) is 1. The van der Waals surface area contributed by atoms with E-state index in [2.05, 4.69) is 26.1 Å². The van der Waals surface area contributed by atoms with Crippen molar-refractivity contribution in [1.82, 2.24) is 5.32 Å². The summed E-state index contributed by atoms with van der Waals surface area (Å²) >= 11 is 0. The minimum absolute atomic E-state index is 0.0115. The van der Waals surface area contributed by atoms with Gasteiger partial charge in [0.05, 0.1) is 19.3 Å². The van der Waals surface area contributed by atoms with Gasteiger partial charge in [0, 0.05) is 18.4 Å². The van der Waals surface area contributed by atoms with Crippen molar-refractivity contribution in [2.24, 2.45) is 5.92 Å². The Morgan fingerprint density at radius 1 is 1.13 bits per heavy atom. The van der Waals surface area contributed by atoms with Crippen LogP contribution in [0.3, 0.4) is 0 Å². The van der Waals surface area contributed by atoms with Gasteiger partial charge in [-0.1, -0.05) is 45.7 Å². The first-order valence-corrected chi connectivity index (χ1v) is 10.9. The zero-order chi connectivity index (χ0) is 23.2. The van der Waals surface area contributed by atoms with Crippen LogP contribution in [0.25, 0.3) is 0 Å². The zero-order valence-electron chi connectivity index (χ0n) is 19.2. The van der Waals surface area contributed by atoms with Gasteiger partial charge in [-0.25, -0.2) is 4.79 Å². The van der Waals surface area contributed by atoms with Crippen LogP contribution < -0.4 is 5.32 Å². The Morgan fingerprint density at radius 2 is 1.71 bits per heavy atom. The molecule has 1 heterocycles. The average molecular weight is 434 g/mol. The quantitative estimate of drug-likeness (QED) is 0.576. The fraction of sp³-hybridized carbons (Fsp3) is 0.625. The normalized spacial score (nSPS) is 22.5. The van der Waals surface area contributed by atoms with Gasteiger partial charge < -0.3 is 19.9 Å². The highest BCUT2D eigenvalue weighted by atomic mass is 16.7. The van der Waals surface area contributed by atoms with Crippen molar-refractivity contribution in [3.8, 4) is 0 Å². The lowest BCUT2D eigenvalue weighted by atomic mass is 9.86. The average Bonchev–Trinajstić information content (AvgIpc) is 2.70. The number of ketones is 1. The topological polar surface area (TPSA) is 102 Å². The van der Waals surface area contributed by atoms with Gasteiger partial charge in [-0.05, 0) is 42.9 Å². The van der Waals surface area contributed by atoms with Crippen LogP contribution in [0.4, 0.5) is 0 Å². The van der Waals surface area contributed by atoms with Gasteiger partial charge in [0.15, 0.2) is 5.78 Å². The maximum absolute atomic E-state index is 12.6. The maximum Gasteiger partial charge on any atom is 0.364 e. The van der Waals surface area contributed by atoms with Gasteiger partial charge in [-0.15, -0.1) is 0 Å². The number of nitrogens with one attached hydrogen (secondary N) is 1. The molecule has 2 N–H and O–H groups in total. The summed E-state index contributed by atoms with van der Waals surface area (Å²) in [5, 5.41) is 11.9.